The van der Waals surface area contributed by atoms with Gasteiger partial charge >= 0.3 is 0 Å². The molecule has 1 aromatic carbocycles. The molecule has 1 saturated carbocycles. The number of rotatable bonds is 6. The van der Waals surface area contributed by atoms with E-state index in [0.29, 0.717) is 12.8 Å². The molecule has 1 aromatic rings. The first kappa shape index (κ1) is 17.8. The Morgan fingerprint density at radius 3 is 2.35 bits per heavy atom. The molecule has 6 nitrogen and oxygen atoms in total. The molecule has 128 valence electrons. The molecule has 9 heteroatoms. The monoisotopic (exact) mass is 348 g/mol. The fraction of sp³-hybridized carbons (Fsp3) is 0.500. The van der Waals surface area contributed by atoms with Crippen LogP contribution < -0.4 is 10.0 Å². The number of benzene rings is 1. The highest BCUT2D eigenvalue weighted by Gasteiger charge is 2.31. The van der Waals surface area contributed by atoms with Gasteiger partial charge in [-0.1, -0.05) is 18.9 Å². The average Bonchev–Trinajstić information content (AvgIpc) is 2.90. The molecule has 3 N–H and O–H groups in total. The summed E-state index contributed by atoms with van der Waals surface area (Å²) in [6.07, 6.45) is 2.87. The van der Waals surface area contributed by atoms with E-state index in [4.69, 9.17) is 0 Å². The maximum absolute atomic E-state index is 13.5. The van der Waals surface area contributed by atoms with Gasteiger partial charge in [0.15, 0.2) is 4.90 Å². The topological polar surface area (TPSA) is 95.5 Å². The lowest BCUT2D eigenvalue weighted by Gasteiger charge is -2.22. The summed E-state index contributed by atoms with van der Waals surface area (Å²) in [5, 5.41) is 12.5. The Kier molecular flexibility index (Phi) is 5.33. The number of hydrogen-bond donors (Lipinski definition) is 3. The number of aliphatic hydroxyl groups is 1. The minimum Gasteiger partial charge on any atom is -0.388 e. The second-order valence-corrected chi connectivity index (χ2v) is 7.29. The third-order valence-electron chi connectivity index (χ3n) is 3.76. The van der Waals surface area contributed by atoms with Gasteiger partial charge in [-0.15, -0.1) is 0 Å². The van der Waals surface area contributed by atoms with Crippen molar-refractivity contribution in [1.29, 1.82) is 0 Å². The number of sulfonamides is 1. The molecule has 0 radical (unpaired) electrons. The van der Waals surface area contributed by atoms with Crippen molar-refractivity contribution in [2.75, 3.05) is 13.1 Å². The summed E-state index contributed by atoms with van der Waals surface area (Å²) in [7, 11) is -4.49. The van der Waals surface area contributed by atoms with Crippen molar-refractivity contribution >= 4 is 15.9 Å². The van der Waals surface area contributed by atoms with Crippen LogP contribution >= 0.6 is 0 Å². The standard InChI is InChI=1S/C14H18F2N2O4S/c15-10-4-3-5-11(16)13(10)23(21,22)18-8-12(19)17-9-14(20)6-1-2-7-14/h3-5,18,20H,1-2,6-9H2,(H,17,19). The molecule has 0 saturated heterocycles. The van der Waals surface area contributed by atoms with E-state index in [0.717, 1.165) is 31.0 Å². The summed E-state index contributed by atoms with van der Waals surface area (Å²) >= 11 is 0. The Morgan fingerprint density at radius 2 is 1.78 bits per heavy atom. The lowest BCUT2D eigenvalue weighted by Crippen LogP contribution is -2.44. The second-order valence-electron chi connectivity index (χ2n) is 5.58. The van der Waals surface area contributed by atoms with E-state index in [1.807, 2.05) is 4.72 Å². The molecule has 1 aliphatic rings. The molecule has 1 aliphatic carbocycles. The van der Waals surface area contributed by atoms with Crippen LogP contribution in [0.2, 0.25) is 0 Å². The summed E-state index contributed by atoms with van der Waals surface area (Å²) in [4.78, 5) is 10.5. The number of hydrogen-bond acceptors (Lipinski definition) is 4. The Morgan fingerprint density at radius 1 is 1.22 bits per heavy atom. The Bertz CT molecular complexity index is 668. The number of carbonyl (C=O) groups excluding carboxylic acids is 1. The molecule has 0 bridgehead atoms. The predicted octanol–water partition coefficient (Wildman–Crippen LogP) is 0.664. The molecule has 0 heterocycles. The summed E-state index contributed by atoms with van der Waals surface area (Å²) < 4.78 is 52.6. The molecule has 0 atom stereocenters. The number of carbonyl (C=O) groups is 1. The Hall–Kier alpha value is -1.58. The van der Waals surface area contributed by atoms with Gasteiger partial charge in [-0.25, -0.2) is 21.9 Å². The van der Waals surface area contributed by atoms with Crippen LogP contribution in [0.15, 0.2) is 23.1 Å². The van der Waals surface area contributed by atoms with Crippen LogP contribution in [-0.2, 0) is 14.8 Å². The van der Waals surface area contributed by atoms with Crippen LogP contribution in [0.1, 0.15) is 25.7 Å². The highest BCUT2D eigenvalue weighted by Crippen LogP contribution is 2.28. The first-order chi connectivity index (χ1) is 10.7. The van der Waals surface area contributed by atoms with Crippen LogP contribution in [-0.4, -0.2) is 38.1 Å². The van der Waals surface area contributed by atoms with Gasteiger partial charge in [0.05, 0.1) is 12.1 Å². The molecular formula is C14H18F2N2O4S. The molecule has 0 spiro atoms. The molecule has 0 unspecified atom stereocenters. The quantitative estimate of drug-likeness (QED) is 0.704. The van der Waals surface area contributed by atoms with Gasteiger partial charge in [0.2, 0.25) is 15.9 Å². The lowest BCUT2D eigenvalue weighted by atomic mass is 10.0. The fourth-order valence-electron chi connectivity index (χ4n) is 2.51. The third kappa shape index (κ3) is 4.46. The Labute approximate surface area is 132 Å². The number of nitrogens with one attached hydrogen (secondary N) is 2. The van der Waals surface area contributed by atoms with Gasteiger partial charge in [0, 0.05) is 6.54 Å². The van der Waals surface area contributed by atoms with Gasteiger partial charge in [-0.3, -0.25) is 4.79 Å². The highest BCUT2D eigenvalue weighted by molar-refractivity contribution is 7.89. The van der Waals surface area contributed by atoms with E-state index in [1.54, 1.807) is 0 Å². The van der Waals surface area contributed by atoms with E-state index >= 15 is 0 Å². The molecule has 0 aromatic heterocycles. The maximum atomic E-state index is 13.5. The minimum atomic E-state index is -4.49. The lowest BCUT2D eigenvalue weighted by molar-refractivity contribution is -0.121. The van der Waals surface area contributed by atoms with Crippen molar-refractivity contribution in [3.63, 3.8) is 0 Å². The summed E-state index contributed by atoms with van der Waals surface area (Å²) in [6, 6.07) is 2.67. The molecule has 2 rings (SSSR count). The van der Waals surface area contributed by atoms with Gasteiger partial charge in [0.25, 0.3) is 0 Å². The summed E-state index contributed by atoms with van der Waals surface area (Å²) in [5.41, 5.74) is -0.966. The van der Waals surface area contributed by atoms with Crippen LogP contribution in [0.25, 0.3) is 0 Å². The van der Waals surface area contributed by atoms with Crippen molar-refractivity contribution in [3.8, 4) is 0 Å². The fourth-order valence-corrected chi connectivity index (χ4v) is 3.62. The zero-order chi connectivity index (χ0) is 17.1. The first-order valence-corrected chi connectivity index (χ1v) is 8.65. The van der Waals surface area contributed by atoms with Crippen molar-refractivity contribution in [2.45, 2.75) is 36.2 Å². The zero-order valence-corrected chi connectivity index (χ0v) is 13.1. The third-order valence-corrected chi connectivity index (χ3v) is 5.21. The van der Waals surface area contributed by atoms with Crippen molar-refractivity contribution in [2.24, 2.45) is 0 Å². The normalized spacial score (nSPS) is 17.2. The van der Waals surface area contributed by atoms with E-state index in [1.165, 1.54) is 0 Å². The van der Waals surface area contributed by atoms with Gasteiger partial charge in [0.1, 0.15) is 11.6 Å². The van der Waals surface area contributed by atoms with E-state index in [-0.39, 0.29) is 6.54 Å². The second kappa shape index (κ2) is 6.90. The first-order valence-electron chi connectivity index (χ1n) is 7.16. The van der Waals surface area contributed by atoms with E-state index in [2.05, 4.69) is 5.32 Å². The maximum Gasteiger partial charge on any atom is 0.246 e. The van der Waals surface area contributed by atoms with Crippen molar-refractivity contribution in [3.05, 3.63) is 29.8 Å². The number of amides is 1. The van der Waals surface area contributed by atoms with Crippen LogP contribution in [0, 0.1) is 11.6 Å². The average molecular weight is 348 g/mol. The van der Waals surface area contributed by atoms with E-state index in [9.17, 15) is 27.1 Å². The minimum absolute atomic E-state index is 0.0155. The van der Waals surface area contributed by atoms with E-state index < -0.39 is 44.6 Å². The van der Waals surface area contributed by atoms with Gasteiger partial charge in [-0.05, 0) is 25.0 Å². The summed E-state index contributed by atoms with van der Waals surface area (Å²) in [6.45, 7) is -0.659. The molecule has 0 aliphatic heterocycles. The number of halogens is 2. The molecule has 23 heavy (non-hydrogen) atoms. The van der Waals surface area contributed by atoms with Crippen molar-refractivity contribution in [1.82, 2.24) is 10.0 Å². The highest BCUT2D eigenvalue weighted by atomic mass is 32.2. The van der Waals surface area contributed by atoms with Crippen LogP contribution in [0.4, 0.5) is 8.78 Å². The van der Waals surface area contributed by atoms with Crippen molar-refractivity contribution < 1.29 is 27.1 Å². The largest absolute Gasteiger partial charge is 0.388 e. The SMILES string of the molecule is O=C(CNS(=O)(=O)c1c(F)cccc1F)NCC1(O)CCCC1. The predicted molar refractivity (Wildman–Crippen MR) is 78.0 cm³/mol. The zero-order valence-electron chi connectivity index (χ0n) is 12.3. The summed E-state index contributed by atoms with van der Waals surface area (Å²) in [5.74, 6) is -3.16. The van der Waals surface area contributed by atoms with Crippen LogP contribution in [0.5, 0.6) is 0 Å². The Balaban J connectivity index is 1.93. The smallest absolute Gasteiger partial charge is 0.246 e. The van der Waals surface area contributed by atoms with Gasteiger partial charge < -0.3 is 10.4 Å². The van der Waals surface area contributed by atoms with Gasteiger partial charge in [-0.2, -0.15) is 0 Å². The molecule has 1 fully saturated rings. The molecular weight excluding hydrogens is 330 g/mol. The van der Waals surface area contributed by atoms with Crippen LogP contribution in [0.3, 0.4) is 0 Å². The molecule has 1 amide bonds.